The van der Waals surface area contributed by atoms with Crippen molar-refractivity contribution in [3.8, 4) is 0 Å². The highest BCUT2D eigenvalue weighted by Crippen LogP contribution is 2.24. The highest BCUT2D eigenvalue weighted by Gasteiger charge is 2.26. The highest BCUT2D eigenvalue weighted by atomic mass is 79.9. The van der Waals surface area contributed by atoms with Gasteiger partial charge in [-0.1, -0.05) is 15.9 Å². The van der Waals surface area contributed by atoms with E-state index < -0.39 is 0 Å². The van der Waals surface area contributed by atoms with Gasteiger partial charge in [0.1, 0.15) is 0 Å². The van der Waals surface area contributed by atoms with Crippen molar-refractivity contribution in [1.29, 1.82) is 0 Å². The fourth-order valence-electron chi connectivity index (χ4n) is 2.54. The molecule has 1 aromatic rings. The maximum Gasteiger partial charge on any atom is 0.173 e. The summed E-state index contributed by atoms with van der Waals surface area (Å²) in [5, 5.41) is 4.18. The van der Waals surface area contributed by atoms with Gasteiger partial charge in [0, 0.05) is 22.2 Å². The van der Waals surface area contributed by atoms with Gasteiger partial charge in [-0.25, -0.2) is 0 Å². The first-order valence-corrected chi connectivity index (χ1v) is 7.63. The van der Waals surface area contributed by atoms with Crippen molar-refractivity contribution in [3.63, 3.8) is 0 Å². The summed E-state index contributed by atoms with van der Waals surface area (Å²) in [5.74, 6) is 0. The van der Waals surface area contributed by atoms with Crippen molar-refractivity contribution < 1.29 is 0 Å². The Morgan fingerprint density at radius 1 is 1.22 bits per heavy atom. The summed E-state index contributed by atoms with van der Waals surface area (Å²) < 4.78 is 1.08. The molecule has 1 fully saturated rings. The van der Waals surface area contributed by atoms with Crippen LogP contribution in [-0.2, 0) is 0 Å². The van der Waals surface area contributed by atoms with Gasteiger partial charge < -0.3 is 10.2 Å². The predicted octanol–water partition coefficient (Wildman–Crippen LogP) is 4.41. The van der Waals surface area contributed by atoms with E-state index in [1.807, 2.05) is 24.3 Å². The van der Waals surface area contributed by atoms with Crippen molar-refractivity contribution in [3.05, 3.63) is 28.7 Å². The molecule has 2 unspecified atom stereocenters. The molecule has 98 valence electrons. The molecular formula is C14H19BrN2S. The first kappa shape index (κ1) is 13.8. The Bertz CT molecular complexity index is 408. The van der Waals surface area contributed by atoms with Gasteiger partial charge in [-0.3, -0.25) is 0 Å². The van der Waals surface area contributed by atoms with Crippen molar-refractivity contribution in [1.82, 2.24) is 4.90 Å². The van der Waals surface area contributed by atoms with Gasteiger partial charge in [0.15, 0.2) is 5.11 Å². The molecule has 1 aliphatic heterocycles. The fraction of sp³-hybridized carbons (Fsp3) is 0.500. The van der Waals surface area contributed by atoms with E-state index in [2.05, 4.69) is 40.0 Å². The Balaban J connectivity index is 2.04. The SMILES string of the molecule is CC1CCCC(C)N1C(=S)Nc1ccc(Br)cc1. The highest BCUT2D eigenvalue weighted by molar-refractivity contribution is 9.10. The van der Waals surface area contributed by atoms with Crippen LogP contribution in [0.2, 0.25) is 0 Å². The monoisotopic (exact) mass is 326 g/mol. The minimum atomic E-state index is 0.532. The molecule has 1 N–H and O–H groups in total. The van der Waals surface area contributed by atoms with E-state index in [0.29, 0.717) is 12.1 Å². The largest absolute Gasteiger partial charge is 0.344 e. The quantitative estimate of drug-likeness (QED) is 0.769. The summed E-state index contributed by atoms with van der Waals surface area (Å²) in [7, 11) is 0. The van der Waals surface area contributed by atoms with Crippen LogP contribution in [0.5, 0.6) is 0 Å². The van der Waals surface area contributed by atoms with E-state index >= 15 is 0 Å². The zero-order valence-electron chi connectivity index (χ0n) is 10.8. The standard InChI is InChI=1S/C14H19BrN2S/c1-10-4-3-5-11(2)17(10)14(18)16-13-8-6-12(15)7-9-13/h6-11H,3-5H2,1-2H3,(H,16,18). The zero-order valence-corrected chi connectivity index (χ0v) is 13.2. The summed E-state index contributed by atoms with van der Waals surface area (Å²) in [4.78, 5) is 2.33. The van der Waals surface area contributed by atoms with E-state index in [-0.39, 0.29) is 0 Å². The lowest BCUT2D eigenvalue weighted by atomic mass is 9.98. The van der Waals surface area contributed by atoms with Crippen LogP contribution in [0.25, 0.3) is 0 Å². The van der Waals surface area contributed by atoms with E-state index in [4.69, 9.17) is 12.2 Å². The number of hydrogen-bond donors (Lipinski definition) is 1. The van der Waals surface area contributed by atoms with Crippen LogP contribution in [-0.4, -0.2) is 22.1 Å². The normalized spacial score (nSPS) is 23.8. The molecule has 1 aromatic carbocycles. The summed E-state index contributed by atoms with van der Waals surface area (Å²) in [5.41, 5.74) is 1.05. The second-order valence-electron chi connectivity index (χ2n) is 4.97. The van der Waals surface area contributed by atoms with Crippen molar-refractivity contribution in [2.75, 3.05) is 5.32 Å². The van der Waals surface area contributed by atoms with Crippen LogP contribution in [0.4, 0.5) is 5.69 Å². The Kier molecular flexibility index (Phi) is 4.62. The molecule has 2 nitrogen and oxygen atoms in total. The number of nitrogens with zero attached hydrogens (tertiary/aromatic N) is 1. The molecule has 18 heavy (non-hydrogen) atoms. The predicted molar refractivity (Wildman–Crippen MR) is 85.0 cm³/mol. The van der Waals surface area contributed by atoms with E-state index in [9.17, 15) is 0 Å². The summed E-state index contributed by atoms with van der Waals surface area (Å²) in [6.45, 7) is 4.51. The van der Waals surface area contributed by atoms with Crippen molar-refractivity contribution in [2.24, 2.45) is 0 Å². The third kappa shape index (κ3) is 3.23. The fourth-order valence-corrected chi connectivity index (χ4v) is 3.28. The minimum Gasteiger partial charge on any atom is -0.344 e. The number of benzene rings is 1. The molecular weight excluding hydrogens is 308 g/mol. The topological polar surface area (TPSA) is 15.3 Å². The van der Waals surface area contributed by atoms with Crippen LogP contribution >= 0.6 is 28.1 Å². The second kappa shape index (κ2) is 6.02. The lowest BCUT2D eigenvalue weighted by molar-refractivity contribution is 0.194. The Morgan fingerprint density at radius 3 is 2.33 bits per heavy atom. The number of hydrogen-bond acceptors (Lipinski definition) is 1. The average molecular weight is 327 g/mol. The molecule has 1 heterocycles. The number of anilines is 1. The number of halogens is 1. The molecule has 0 aromatic heterocycles. The zero-order chi connectivity index (χ0) is 13.1. The minimum absolute atomic E-state index is 0.532. The summed E-state index contributed by atoms with van der Waals surface area (Å²) >= 11 is 8.98. The molecule has 0 aliphatic carbocycles. The van der Waals surface area contributed by atoms with Crippen LogP contribution in [0.3, 0.4) is 0 Å². The van der Waals surface area contributed by atoms with Crippen LogP contribution in [0.15, 0.2) is 28.7 Å². The second-order valence-corrected chi connectivity index (χ2v) is 6.28. The molecule has 0 bridgehead atoms. The number of nitrogens with one attached hydrogen (secondary N) is 1. The average Bonchev–Trinajstić information content (AvgIpc) is 2.32. The maximum atomic E-state index is 5.55. The molecule has 1 aliphatic rings. The van der Waals surface area contributed by atoms with Crippen molar-refractivity contribution in [2.45, 2.75) is 45.2 Å². The van der Waals surface area contributed by atoms with Gasteiger partial charge in [-0.2, -0.15) is 0 Å². The lowest BCUT2D eigenvalue weighted by Gasteiger charge is -2.40. The Morgan fingerprint density at radius 2 is 1.78 bits per heavy atom. The first-order valence-electron chi connectivity index (χ1n) is 6.43. The number of rotatable bonds is 1. The van der Waals surface area contributed by atoms with E-state index in [1.54, 1.807) is 0 Å². The molecule has 0 radical (unpaired) electrons. The molecule has 2 atom stereocenters. The molecule has 2 rings (SSSR count). The number of thiocarbonyl (C=S) groups is 1. The number of likely N-dealkylation sites (tertiary alicyclic amines) is 1. The summed E-state index contributed by atoms with van der Waals surface area (Å²) in [6.07, 6.45) is 3.76. The van der Waals surface area contributed by atoms with Crippen LogP contribution in [0.1, 0.15) is 33.1 Å². The van der Waals surface area contributed by atoms with Gasteiger partial charge in [0.05, 0.1) is 0 Å². The van der Waals surface area contributed by atoms with E-state index in [1.165, 1.54) is 19.3 Å². The lowest BCUT2D eigenvalue weighted by Crippen LogP contribution is -2.49. The molecule has 0 spiro atoms. The van der Waals surface area contributed by atoms with Gasteiger partial charge >= 0.3 is 0 Å². The van der Waals surface area contributed by atoms with Crippen molar-refractivity contribution >= 4 is 38.9 Å². The van der Waals surface area contributed by atoms with Gasteiger partial charge in [0.25, 0.3) is 0 Å². The molecule has 4 heteroatoms. The summed E-state index contributed by atoms with van der Waals surface area (Å²) in [6, 6.07) is 9.18. The maximum absolute atomic E-state index is 5.55. The smallest absolute Gasteiger partial charge is 0.173 e. The Labute approximate surface area is 123 Å². The number of piperidine rings is 1. The molecule has 1 saturated heterocycles. The van der Waals surface area contributed by atoms with Crippen LogP contribution in [0, 0.1) is 0 Å². The molecule has 0 saturated carbocycles. The first-order chi connectivity index (χ1) is 8.58. The van der Waals surface area contributed by atoms with Gasteiger partial charge in [0.2, 0.25) is 0 Å². The third-order valence-electron chi connectivity index (χ3n) is 3.52. The third-order valence-corrected chi connectivity index (χ3v) is 4.37. The molecule has 0 amide bonds. The van der Waals surface area contributed by atoms with Crippen LogP contribution < -0.4 is 5.32 Å². The Hall–Kier alpha value is -0.610. The van der Waals surface area contributed by atoms with Gasteiger partial charge in [-0.05, 0) is 69.6 Å². The van der Waals surface area contributed by atoms with E-state index in [0.717, 1.165) is 15.3 Å². The van der Waals surface area contributed by atoms with Gasteiger partial charge in [-0.15, -0.1) is 0 Å².